The highest BCUT2D eigenvalue weighted by atomic mass is 16.5. The molecule has 0 heterocycles. The number of esters is 1. The van der Waals surface area contributed by atoms with Crippen molar-refractivity contribution in [1.82, 2.24) is 0 Å². The Labute approximate surface area is 147 Å². The summed E-state index contributed by atoms with van der Waals surface area (Å²) in [6, 6.07) is 4.19. The second kappa shape index (κ2) is 6.78. The lowest BCUT2D eigenvalue weighted by Crippen LogP contribution is -2.25. The molecule has 0 radical (unpaired) electrons. The molecule has 0 aliphatic carbocycles. The maximum absolute atomic E-state index is 11.1. The van der Waals surface area contributed by atoms with Crippen LogP contribution in [0.5, 0.6) is 5.75 Å². The van der Waals surface area contributed by atoms with Crippen LogP contribution in [0.1, 0.15) is 79.0 Å². The number of carbonyl (C=O) groups is 1. The molecule has 136 valence electrons. The van der Waals surface area contributed by atoms with Crippen LogP contribution in [0.3, 0.4) is 0 Å². The van der Waals surface area contributed by atoms with Gasteiger partial charge in [-0.3, -0.25) is 4.79 Å². The van der Waals surface area contributed by atoms with E-state index in [2.05, 4.69) is 67.5 Å². The third kappa shape index (κ3) is 5.54. The summed E-state index contributed by atoms with van der Waals surface area (Å²) in [5.41, 5.74) is 2.66. The lowest BCUT2D eigenvalue weighted by molar-refractivity contribution is -0.143. The first-order valence-electron chi connectivity index (χ1n) is 8.64. The van der Waals surface area contributed by atoms with Crippen LogP contribution in [0.2, 0.25) is 0 Å². The van der Waals surface area contributed by atoms with Gasteiger partial charge in [0.15, 0.2) is 0 Å². The van der Waals surface area contributed by atoms with E-state index >= 15 is 0 Å². The largest absolute Gasteiger partial charge is 0.507 e. The number of benzene rings is 1. The van der Waals surface area contributed by atoms with Gasteiger partial charge in [0.25, 0.3) is 0 Å². The maximum Gasteiger partial charge on any atom is 0.302 e. The molecule has 0 bridgehead atoms. The average Bonchev–Trinajstić information content (AvgIpc) is 2.35. The van der Waals surface area contributed by atoms with Gasteiger partial charge in [-0.2, -0.15) is 0 Å². The Bertz CT molecular complexity index is 563. The highest BCUT2D eigenvalue weighted by Crippen LogP contribution is 2.40. The van der Waals surface area contributed by atoms with Crippen LogP contribution in [0, 0.1) is 5.41 Å². The molecule has 3 heteroatoms. The molecule has 0 aromatic heterocycles. The van der Waals surface area contributed by atoms with E-state index in [-0.39, 0.29) is 22.2 Å². The minimum atomic E-state index is -0.250. The molecule has 1 aromatic carbocycles. The lowest BCUT2D eigenvalue weighted by Gasteiger charge is -2.30. The Morgan fingerprint density at radius 1 is 0.958 bits per heavy atom. The van der Waals surface area contributed by atoms with Crippen LogP contribution in [-0.4, -0.2) is 17.7 Å². The summed E-state index contributed by atoms with van der Waals surface area (Å²) >= 11 is 0. The van der Waals surface area contributed by atoms with Crippen molar-refractivity contribution in [3.8, 4) is 5.75 Å². The van der Waals surface area contributed by atoms with Crippen molar-refractivity contribution in [3.63, 3.8) is 0 Å². The fourth-order valence-corrected chi connectivity index (χ4v) is 2.84. The zero-order chi connectivity index (χ0) is 18.9. The summed E-state index contributed by atoms with van der Waals surface area (Å²) in [5.74, 6) is 0.149. The Balaban J connectivity index is 3.31. The van der Waals surface area contributed by atoms with Crippen LogP contribution in [-0.2, 0) is 26.8 Å². The first kappa shape index (κ1) is 20.5. The molecule has 3 nitrogen and oxygen atoms in total. The lowest BCUT2D eigenvalue weighted by atomic mass is 9.76. The topological polar surface area (TPSA) is 46.5 Å². The van der Waals surface area contributed by atoms with Crippen LogP contribution < -0.4 is 0 Å². The summed E-state index contributed by atoms with van der Waals surface area (Å²) in [6.45, 7) is 18.7. The second-order valence-electron chi connectivity index (χ2n) is 9.66. The Hall–Kier alpha value is -1.51. The first-order chi connectivity index (χ1) is 10.6. The molecule has 1 N–H and O–H groups in total. The predicted molar refractivity (Wildman–Crippen MR) is 99.6 cm³/mol. The van der Waals surface area contributed by atoms with Gasteiger partial charge in [-0.1, -0.05) is 67.5 Å². The van der Waals surface area contributed by atoms with Gasteiger partial charge in [-0.05, 0) is 33.9 Å². The molecule has 0 saturated heterocycles. The van der Waals surface area contributed by atoms with E-state index in [0.717, 1.165) is 17.5 Å². The van der Waals surface area contributed by atoms with Gasteiger partial charge < -0.3 is 9.84 Å². The highest BCUT2D eigenvalue weighted by Gasteiger charge is 2.28. The normalized spacial score (nSPS) is 13.0. The number of aromatic hydroxyl groups is 1. The second-order valence-corrected chi connectivity index (χ2v) is 9.66. The van der Waals surface area contributed by atoms with Gasteiger partial charge >= 0.3 is 5.97 Å². The first-order valence-corrected chi connectivity index (χ1v) is 8.64. The van der Waals surface area contributed by atoms with Gasteiger partial charge in [0.1, 0.15) is 5.75 Å². The van der Waals surface area contributed by atoms with E-state index in [4.69, 9.17) is 4.74 Å². The Morgan fingerprint density at radius 3 is 1.71 bits per heavy atom. The Morgan fingerprint density at radius 2 is 1.38 bits per heavy atom. The van der Waals surface area contributed by atoms with Crippen molar-refractivity contribution in [3.05, 3.63) is 28.8 Å². The van der Waals surface area contributed by atoms with Gasteiger partial charge in [-0.25, -0.2) is 0 Å². The van der Waals surface area contributed by atoms with E-state index in [1.807, 2.05) is 0 Å². The van der Waals surface area contributed by atoms with Crippen LogP contribution >= 0.6 is 0 Å². The van der Waals surface area contributed by atoms with Gasteiger partial charge in [0.05, 0.1) is 6.61 Å². The molecule has 0 atom stereocenters. The van der Waals surface area contributed by atoms with Crippen molar-refractivity contribution in [2.24, 2.45) is 5.41 Å². The van der Waals surface area contributed by atoms with Crippen LogP contribution in [0.4, 0.5) is 0 Å². The van der Waals surface area contributed by atoms with Crippen molar-refractivity contribution >= 4 is 5.97 Å². The number of ether oxygens (including phenoxy) is 1. The standard InChI is InChI=1S/C21H34O3/c1-14(22)24-13-21(8,9)12-15-10-16(19(2,3)4)18(23)17(11-15)20(5,6)7/h10-11,23H,12-13H2,1-9H3. The van der Waals surface area contributed by atoms with E-state index in [1.54, 1.807) is 0 Å². The summed E-state index contributed by atoms with van der Waals surface area (Å²) in [7, 11) is 0. The minimum absolute atomic E-state index is 0.139. The zero-order valence-corrected chi connectivity index (χ0v) is 16.8. The third-order valence-corrected chi connectivity index (χ3v) is 4.13. The number of phenols is 1. The summed E-state index contributed by atoms with van der Waals surface area (Å²) < 4.78 is 5.21. The van der Waals surface area contributed by atoms with E-state index in [0.29, 0.717) is 12.4 Å². The zero-order valence-electron chi connectivity index (χ0n) is 16.8. The maximum atomic E-state index is 11.1. The van der Waals surface area contributed by atoms with Crippen molar-refractivity contribution in [1.29, 1.82) is 0 Å². The van der Waals surface area contributed by atoms with Gasteiger partial charge in [-0.15, -0.1) is 0 Å². The minimum Gasteiger partial charge on any atom is -0.507 e. The average molecular weight is 335 g/mol. The number of phenolic OH excluding ortho intramolecular Hbond substituents is 1. The van der Waals surface area contributed by atoms with Gasteiger partial charge in [0, 0.05) is 12.3 Å². The molecule has 0 aliphatic heterocycles. The number of carbonyl (C=O) groups excluding carboxylic acids is 1. The number of rotatable bonds is 4. The molecular formula is C21H34O3. The smallest absolute Gasteiger partial charge is 0.302 e. The predicted octanol–water partition coefficient (Wildman–Crippen LogP) is 5.12. The molecule has 0 saturated carbocycles. The van der Waals surface area contributed by atoms with E-state index < -0.39 is 0 Å². The summed E-state index contributed by atoms with van der Waals surface area (Å²) in [6.07, 6.45) is 0.784. The van der Waals surface area contributed by atoms with Crippen molar-refractivity contribution in [2.75, 3.05) is 6.61 Å². The SMILES string of the molecule is CC(=O)OCC(C)(C)Cc1cc(C(C)(C)C)c(O)c(C(C)(C)C)c1. The quantitative estimate of drug-likeness (QED) is 0.777. The van der Waals surface area contributed by atoms with Gasteiger partial charge in [0.2, 0.25) is 0 Å². The molecule has 24 heavy (non-hydrogen) atoms. The molecule has 0 fully saturated rings. The van der Waals surface area contributed by atoms with E-state index in [9.17, 15) is 9.90 Å². The monoisotopic (exact) mass is 334 g/mol. The fraction of sp³-hybridized carbons (Fsp3) is 0.667. The van der Waals surface area contributed by atoms with Crippen LogP contribution in [0.25, 0.3) is 0 Å². The molecule has 1 rings (SSSR count). The Kier molecular flexibility index (Phi) is 5.80. The summed E-state index contributed by atoms with van der Waals surface area (Å²) in [5, 5.41) is 10.8. The van der Waals surface area contributed by atoms with E-state index in [1.165, 1.54) is 12.5 Å². The molecule has 0 amide bonds. The highest BCUT2D eigenvalue weighted by molar-refractivity contribution is 5.65. The molecule has 0 aliphatic rings. The fourth-order valence-electron chi connectivity index (χ4n) is 2.84. The number of hydrogen-bond acceptors (Lipinski definition) is 3. The molecule has 0 unspecified atom stereocenters. The molecule has 1 aromatic rings. The summed E-state index contributed by atoms with van der Waals surface area (Å²) in [4.78, 5) is 11.1. The van der Waals surface area contributed by atoms with Crippen molar-refractivity contribution < 1.29 is 14.6 Å². The van der Waals surface area contributed by atoms with Crippen LogP contribution in [0.15, 0.2) is 12.1 Å². The third-order valence-electron chi connectivity index (χ3n) is 4.13. The van der Waals surface area contributed by atoms with Crippen molar-refractivity contribution in [2.45, 2.75) is 79.6 Å². The molecular weight excluding hydrogens is 300 g/mol. The number of hydrogen-bond donors (Lipinski definition) is 1. The molecule has 0 spiro atoms.